The van der Waals surface area contributed by atoms with Crippen LogP contribution in [0.4, 0.5) is 4.79 Å². The van der Waals surface area contributed by atoms with Gasteiger partial charge in [0, 0.05) is 6.42 Å². The number of rotatable bonds is 4. The summed E-state index contributed by atoms with van der Waals surface area (Å²) in [5, 5.41) is 17.5. The number of amides is 1. The molecule has 1 rings (SSSR count). The van der Waals surface area contributed by atoms with Crippen LogP contribution < -0.4 is 0 Å². The van der Waals surface area contributed by atoms with Crippen LogP contribution in [-0.2, 0) is 20.6 Å². The fourth-order valence-electron chi connectivity index (χ4n) is 1.52. The highest BCUT2D eigenvalue weighted by molar-refractivity contribution is 7.79. The van der Waals surface area contributed by atoms with Gasteiger partial charge in [-0.15, -0.1) is 0 Å². The first-order chi connectivity index (χ1) is 7.41. The molecule has 0 aromatic heterocycles. The lowest BCUT2D eigenvalue weighted by Crippen LogP contribution is -2.39. The predicted octanol–water partition coefficient (Wildman–Crippen LogP) is -0.612. The van der Waals surface area contributed by atoms with Gasteiger partial charge in [-0.2, -0.15) is 0 Å². The number of carboxylic acid groups (broad SMARTS) is 2. The Bertz CT molecular complexity index is 298. The van der Waals surface area contributed by atoms with Crippen molar-refractivity contribution in [3.63, 3.8) is 0 Å². The minimum absolute atomic E-state index is 0.0150. The SMILES string of the molecule is O=C(O)[C@@H]1C[C@@H](OCS(=O)O)CN1C(=O)O. The van der Waals surface area contributed by atoms with Crippen molar-refractivity contribution in [2.45, 2.75) is 18.6 Å². The van der Waals surface area contributed by atoms with Gasteiger partial charge < -0.3 is 19.5 Å². The van der Waals surface area contributed by atoms with Gasteiger partial charge in [-0.1, -0.05) is 0 Å². The van der Waals surface area contributed by atoms with Gasteiger partial charge in [0.1, 0.15) is 12.0 Å². The van der Waals surface area contributed by atoms with Crippen molar-refractivity contribution < 1.29 is 33.3 Å². The molecule has 1 aliphatic rings. The van der Waals surface area contributed by atoms with Crippen molar-refractivity contribution in [2.24, 2.45) is 0 Å². The molecule has 1 amide bonds. The Balaban J connectivity index is 2.58. The van der Waals surface area contributed by atoms with Gasteiger partial charge in [0.25, 0.3) is 0 Å². The summed E-state index contributed by atoms with van der Waals surface area (Å²) in [6.45, 7) is -0.108. The Hall–Kier alpha value is -1.19. The van der Waals surface area contributed by atoms with Crippen LogP contribution in [0.1, 0.15) is 6.42 Å². The largest absolute Gasteiger partial charge is 0.480 e. The van der Waals surface area contributed by atoms with Crippen LogP contribution in [-0.4, -0.2) is 60.6 Å². The second-order valence-electron chi connectivity index (χ2n) is 3.25. The summed E-state index contributed by atoms with van der Waals surface area (Å²) in [7, 11) is 0. The molecule has 0 saturated carbocycles. The Kier molecular flexibility index (Phi) is 4.21. The average molecular weight is 253 g/mol. The van der Waals surface area contributed by atoms with Crippen LogP contribution in [0, 0.1) is 0 Å². The third-order valence-corrected chi connectivity index (χ3v) is 2.54. The molecule has 0 aromatic carbocycles. The zero-order valence-electron chi connectivity index (χ0n) is 8.11. The summed E-state index contributed by atoms with van der Waals surface area (Å²) in [5.41, 5.74) is 0. The van der Waals surface area contributed by atoms with Gasteiger partial charge in [-0.05, 0) is 0 Å². The molecule has 0 aromatic rings. The molecule has 1 fully saturated rings. The van der Waals surface area contributed by atoms with Crippen LogP contribution in [0.15, 0.2) is 0 Å². The van der Waals surface area contributed by atoms with E-state index >= 15 is 0 Å². The molecule has 3 N–H and O–H groups in total. The zero-order valence-corrected chi connectivity index (χ0v) is 8.92. The van der Waals surface area contributed by atoms with Crippen molar-refractivity contribution >= 4 is 23.1 Å². The van der Waals surface area contributed by atoms with Crippen molar-refractivity contribution in [1.29, 1.82) is 0 Å². The van der Waals surface area contributed by atoms with E-state index < -0.39 is 41.2 Å². The van der Waals surface area contributed by atoms with E-state index in [1.165, 1.54) is 0 Å². The normalized spacial score (nSPS) is 26.7. The first-order valence-corrected chi connectivity index (χ1v) is 5.61. The molecule has 0 spiro atoms. The third kappa shape index (κ3) is 3.15. The van der Waals surface area contributed by atoms with E-state index in [2.05, 4.69) is 0 Å². The molecule has 8 nitrogen and oxygen atoms in total. The summed E-state index contributed by atoms with van der Waals surface area (Å²) in [6.07, 6.45) is -2.02. The Morgan fingerprint density at radius 3 is 2.44 bits per heavy atom. The number of nitrogens with zero attached hydrogens (tertiary/aromatic N) is 1. The van der Waals surface area contributed by atoms with Crippen LogP contribution >= 0.6 is 0 Å². The fourth-order valence-corrected chi connectivity index (χ4v) is 1.83. The highest BCUT2D eigenvalue weighted by Gasteiger charge is 2.40. The average Bonchev–Trinajstić information content (AvgIpc) is 2.58. The Morgan fingerprint density at radius 2 is 2.06 bits per heavy atom. The van der Waals surface area contributed by atoms with Crippen LogP contribution in [0.25, 0.3) is 0 Å². The quantitative estimate of drug-likeness (QED) is 0.570. The van der Waals surface area contributed by atoms with Crippen molar-refractivity contribution in [3.8, 4) is 0 Å². The smallest absolute Gasteiger partial charge is 0.408 e. The number of hydrogen-bond donors (Lipinski definition) is 3. The lowest BCUT2D eigenvalue weighted by Gasteiger charge is -2.16. The minimum atomic E-state index is -2.14. The maximum Gasteiger partial charge on any atom is 0.408 e. The molecule has 9 heteroatoms. The summed E-state index contributed by atoms with van der Waals surface area (Å²) >= 11 is -2.14. The molecule has 1 unspecified atom stereocenters. The molecule has 92 valence electrons. The number of carboxylic acids is 1. The maximum atomic E-state index is 10.7. The molecule has 1 heterocycles. The van der Waals surface area contributed by atoms with Gasteiger partial charge in [-0.25, -0.2) is 13.8 Å². The standard InChI is InChI=1S/C7H11NO7S/c9-6(10)5-1-4(15-3-16(13)14)2-8(5)7(11)12/h4-5H,1-3H2,(H,9,10)(H,11,12)(H,13,14)/t4-,5+/m1/s1. The van der Waals surface area contributed by atoms with Gasteiger partial charge in [-0.3, -0.25) is 4.90 Å². The van der Waals surface area contributed by atoms with Crippen LogP contribution in [0.2, 0.25) is 0 Å². The molecule has 3 atom stereocenters. The molecule has 1 saturated heterocycles. The molecular formula is C7H11NO7S. The predicted molar refractivity (Wildman–Crippen MR) is 51.3 cm³/mol. The first-order valence-electron chi connectivity index (χ1n) is 4.33. The lowest BCUT2D eigenvalue weighted by molar-refractivity contribution is -0.141. The highest BCUT2D eigenvalue weighted by Crippen LogP contribution is 2.20. The van der Waals surface area contributed by atoms with Gasteiger partial charge in [0.2, 0.25) is 0 Å². The molecule has 1 aliphatic heterocycles. The van der Waals surface area contributed by atoms with E-state index in [1.807, 2.05) is 0 Å². The van der Waals surface area contributed by atoms with E-state index in [9.17, 15) is 13.8 Å². The number of likely N-dealkylation sites (tertiary alicyclic amines) is 1. The molecule has 0 radical (unpaired) electrons. The number of hydrogen-bond acceptors (Lipinski definition) is 4. The number of aliphatic carboxylic acids is 1. The first kappa shape index (κ1) is 12.9. The summed E-state index contributed by atoms with van der Waals surface area (Å²) in [6, 6.07) is -1.16. The van der Waals surface area contributed by atoms with E-state index in [-0.39, 0.29) is 13.0 Å². The Labute approximate surface area is 93.1 Å². The second-order valence-corrected chi connectivity index (χ2v) is 4.13. The summed E-state index contributed by atoms with van der Waals surface area (Å²) in [4.78, 5) is 22.2. The van der Waals surface area contributed by atoms with E-state index in [0.29, 0.717) is 0 Å². The second kappa shape index (κ2) is 5.23. The van der Waals surface area contributed by atoms with Crippen LogP contribution in [0.3, 0.4) is 0 Å². The molecular weight excluding hydrogens is 242 g/mol. The molecule has 16 heavy (non-hydrogen) atoms. The lowest BCUT2D eigenvalue weighted by atomic mass is 10.2. The highest BCUT2D eigenvalue weighted by atomic mass is 32.2. The van der Waals surface area contributed by atoms with Crippen LogP contribution in [0.5, 0.6) is 0 Å². The molecule has 0 bridgehead atoms. The number of ether oxygens (including phenoxy) is 1. The van der Waals surface area contributed by atoms with Crippen molar-refractivity contribution in [1.82, 2.24) is 4.90 Å². The van der Waals surface area contributed by atoms with Gasteiger partial charge in [0.05, 0.1) is 12.6 Å². The monoisotopic (exact) mass is 253 g/mol. The Morgan fingerprint density at radius 1 is 1.44 bits per heavy atom. The van der Waals surface area contributed by atoms with Gasteiger partial charge >= 0.3 is 12.1 Å². The number of carbonyl (C=O) groups is 2. The van der Waals surface area contributed by atoms with Gasteiger partial charge in [0.15, 0.2) is 11.1 Å². The van der Waals surface area contributed by atoms with Crippen molar-refractivity contribution in [2.75, 3.05) is 12.5 Å². The maximum absolute atomic E-state index is 10.7. The fraction of sp³-hybridized carbons (Fsp3) is 0.714. The van der Waals surface area contributed by atoms with E-state index in [4.69, 9.17) is 19.5 Å². The topological polar surface area (TPSA) is 124 Å². The van der Waals surface area contributed by atoms with E-state index in [1.54, 1.807) is 0 Å². The van der Waals surface area contributed by atoms with Crippen molar-refractivity contribution in [3.05, 3.63) is 0 Å². The minimum Gasteiger partial charge on any atom is -0.480 e. The summed E-state index contributed by atoms with van der Waals surface area (Å²) in [5.74, 6) is -1.71. The molecule has 0 aliphatic carbocycles. The third-order valence-electron chi connectivity index (χ3n) is 2.20. The zero-order chi connectivity index (χ0) is 12.3. The summed E-state index contributed by atoms with van der Waals surface area (Å²) < 4.78 is 23.7. The van der Waals surface area contributed by atoms with E-state index in [0.717, 1.165) is 4.90 Å².